The molecule has 0 radical (unpaired) electrons. The Balaban J connectivity index is 1.74. The molecular formula is C25H31FN4O4. The van der Waals surface area contributed by atoms with Crippen molar-refractivity contribution in [3.8, 4) is 5.75 Å². The molecule has 34 heavy (non-hydrogen) atoms. The number of likely N-dealkylation sites (N-methyl/N-ethyl adjacent to an activating group) is 1. The fourth-order valence-electron chi connectivity index (χ4n) is 5.56. The van der Waals surface area contributed by atoms with Gasteiger partial charge in [0.1, 0.15) is 11.3 Å². The molecule has 1 aromatic carbocycles. The lowest BCUT2D eigenvalue weighted by atomic mass is 10.00. The number of benzene rings is 1. The number of pyridine rings is 1. The summed E-state index contributed by atoms with van der Waals surface area (Å²) in [6.07, 6.45) is 3.56. The number of ether oxygens (including phenoxy) is 1. The number of rotatable bonds is 6. The third-order valence-electron chi connectivity index (χ3n) is 7.86. The molecule has 8 nitrogen and oxygen atoms in total. The summed E-state index contributed by atoms with van der Waals surface area (Å²) in [5, 5.41) is 10.3. The molecule has 6 rings (SSSR count). The van der Waals surface area contributed by atoms with E-state index in [1.807, 2.05) is 14.4 Å². The zero-order valence-corrected chi connectivity index (χ0v) is 19.9. The molecule has 2 aliphatic heterocycles. The Hall–Kier alpha value is -2.81. The minimum absolute atomic E-state index is 0.0512. The first-order valence-corrected chi connectivity index (χ1v) is 12.3. The quantitative estimate of drug-likeness (QED) is 0.651. The molecule has 182 valence electrons. The molecule has 1 N–H and O–H groups in total. The molecular weight excluding hydrogens is 439 g/mol. The van der Waals surface area contributed by atoms with Gasteiger partial charge in [0.25, 0.3) is 0 Å². The maximum Gasteiger partial charge on any atom is 0.341 e. The van der Waals surface area contributed by atoms with Crippen LogP contribution < -0.4 is 20.0 Å². The average Bonchev–Trinajstić information content (AvgIpc) is 3.63. The van der Waals surface area contributed by atoms with E-state index in [0.29, 0.717) is 48.8 Å². The number of carbonyl (C=O) groups is 1. The van der Waals surface area contributed by atoms with Crippen LogP contribution in [-0.4, -0.2) is 73.5 Å². The number of carboxylic acid groups (broad SMARTS) is 1. The molecule has 2 aromatic rings. The van der Waals surface area contributed by atoms with E-state index in [-0.39, 0.29) is 34.6 Å². The number of piperazine rings is 1. The molecule has 0 spiro atoms. The topological polar surface area (TPSA) is 78.0 Å². The maximum absolute atomic E-state index is 16.4. The number of aromatic nitrogens is 1. The second kappa shape index (κ2) is 7.60. The Kier molecular flexibility index (Phi) is 4.85. The van der Waals surface area contributed by atoms with Crippen LogP contribution >= 0.6 is 0 Å². The number of carboxylic acids is 1. The van der Waals surface area contributed by atoms with Crippen molar-refractivity contribution in [2.45, 2.75) is 50.6 Å². The summed E-state index contributed by atoms with van der Waals surface area (Å²) in [4.78, 5) is 32.3. The lowest BCUT2D eigenvalue weighted by Crippen LogP contribution is -2.50. The molecule has 1 aromatic heterocycles. The predicted molar refractivity (Wildman–Crippen MR) is 128 cm³/mol. The van der Waals surface area contributed by atoms with Crippen molar-refractivity contribution in [1.29, 1.82) is 0 Å². The van der Waals surface area contributed by atoms with Crippen LogP contribution in [0, 0.1) is 5.82 Å². The number of aromatic carboxylic acids is 1. The molecule has 4 aliphatic rings. The molecule has 1 unspecified atom stereocenters. The Morgan fingerprint density at radius 2 is 1.74 bits per heavy atom. The summed E-state index contributed by atoms with van der Waals surface area (Å²) in [5.41, 5.74) is 1.04. The zero-order valence-electron chi connectivity index (χ0n) is 19.9. The zero-order chi connectivity index (χ0) is 23.9. The summed E-state index contributed by atoms with van der Waals surface area (Å²) in [6.45, 7) is 5.49. The van der Waals surface area contributed by atoms with Crippen LogP contribution in [0.25, 0.3) is 10.9 Å². The molecule has 3 heterocycles. The lowest BCUT2D eigenvalue weighted by Gasteiger charge is -2.40. The smallest absolute Gasteiger partial charge is 0.341 e. The van der Waals surface area contributed by atoms with Crippen LogP contribution in [-0.2, 0) is 0 Å². The van der Waals surface area contributed by atoms with Crippen molar-refractivity contribution in [3.63, 3.8) is 0 Å². The molecule has 0 amide bonds. The van der Waals surface area contributed by atoms with Gasteiger partial charge in [-0.15, -0.1) is 0 Å². The highest BCUT2D eigenvalue weighted by Gasteiger charge is 2.42. The Bertz CT molecular complexity index is 1260. The monoisotopic (exact) mass is 470 g/mol. The minimum Gasteiger partial charge on any atom is -0.492 e. The fourth-order valence-corrected chi connectivity index (χ4v) is 5.56. The first kappa shape index (κ1) is 21.7. The van der Waals surface area contributed by atoms with E-state index >= 15 is 4.39 Å². The molecule has 2 aliphatic carbocycles. The average molecular weight is 471 g/mol. The van der Waals surface area contributed by atoms with Crippen LogP contribution in [0.1, 0.15) is 60.6 Å². The summed E-state index contributed by atoms with van der Waals surface area (Å²) in [5.74, 6) is -1.29. The van der Waals surface area contributed by atoms with Crippen molar-refractivity contribution in [2.75, 3.05) is 56.7 Å². The number of halogens is 1. The third kappa shape index (κ3) is 3.20. The third-order valence-corrected chi connectivity index (χ3v) is 7.86. The minimum atomic E-state index is -1.23. The van der Waals surface area contributed by atoms with E-state index in [9.17, 15) is 14.7 Å². The van der Waals surface area contributed by atoms with E-state index in [0.717, 1.165) is 32.2 Å². The van der Waals surface area contributed by atoms with E-state index in [2.05, 4.69) is 18.9 Å². The summed E-state index contributed by atoms with van der Waals surface area (Å²) in [6, 6.07) is 0.345. The van der Waals surface area contributed by atoms with Gasteiger partial charge in [0.2, 0.25) is 5.43 Å². The van der Waals surface area contributed by atoms with E-state index in [1.165, 1.54) is 7.11 Å². The summed E-state index contributed by atoms with van der Waals surface area (Å²) < 4.78 is 24.4. The summed E-state index contributed by atoms with van der Waals surface area (Å²) >= 11 is 0. The first-order chi connectivity index (χ1) is 16.3. The van der Waals surface area contributed by atoms with E-state index in [4.69, 9.17) is 4.74 Å². The van der Waals surface area contributed by atoms with Crippen LogP contribution in [0.15, 0.2) is 4.79 Å². The van der Waals surface area contributed by atoms with Crippen molar-refractivity contribution < 1.29 is 19.0 Å². The van der Waals surface area contributed by atoms with Gasteiger partial charge in [-0.1, -0.05) is 0 Å². The van der Waals surface area contributed by atoms with Gasteiger partial charge in [0.15, 0.2) is 11.6 Å². The van der Waals surface area contributed by atoms with Crippen molar-refractivity contribution in [2.24, 2.45) is 0 Å². The van der Waals surface area contributed by atoms with Gasteiger partial charge in [-0.3, -0.25) is 4.79 Å². The van der Waals surface area contributed by atoms with Crippen molar-refractivity contribution in [1.82, 2.24) is 9.47 Å². The highest BCUT2D eigenvalue weighted by molar-refractivity contribution is 6.05. The molecule has 4 fully saturated rings. The predicted octanol–water partition coefficient (Wildman–Crippen LogP) is 3.02. The second-order valence-corrected chi connectivity index (χ2v) is 10.3. The SMILES string of the molecule is COc1c(N2CCN(C)C(C)C2)c(F)c(N2CC2)c2c(=O)c(C(=O)O)c(C3CC3)n(C3CC3)c12. The van der Waals surface area contributed by atoms with Crippen LogP contribution in [0.4, 0.5) is 15.8 Å². The normalized spacial score (nSPS) is 23.0. The number of fused-ring (bicyclic) bond motifs is 1. The molecule has 9 heteroatoms. The number of nitrogens with zero attached hydrogens (tertiary/aromatic N) is 4. The highest BCUT2D eigenvalue weighted by Crippen LogP contribution is 2.52. The Morgan fingerprint density at radius 1 is 1.06 bits per heavy atom. The van der Waals surface area contributed by atoms with E-state index in [1.54, 1.807) is 0 Å². The fraction of sp³-hybridized carbons (Fsp3) is 0.600. The van der Waals surface area contributed by atoms with Gasteiger partial charge < -0.3 is 29.1 Å². The molecule has 1 atom stereocenters. The standard InChI is InChI=1S/C25H31FN4O4/c1-13-12-29(9-8-27(13)2)22-18(26)20(28-10-11-28)16-21(24(22)34-3)30(15-6-7-15)19(14-4-5-14)17(23(16)31)25(32)33/h13-15H,4-12H2,1-3H3,(H,32,33). The summed E-state index contributed by atoms with van der Waals surface area (Å²) in [7, 11) is 3.59. The first-order valence-electron chi connectivity index (χ1n) is 12.3. The maximum atomic E-state index is 16.4. The number of methoxy groups -OCH3 is 1. The number of anilines is 2. The number of hydrogen-bond acceptors (Lipinski definition) is 6. The molecule has 2 saturated heterocycles. The van der Waals surface area contributed by atoms with Crippen LogP contribution in [0.5, 0.6) is 5.75 Å². The van der Waals surface area contributed by atoms with E-state index < -0.39 is 17.2 Å². The Labute approximate surface area is 197 Å². The van der Waals surface area contributed by atoms with Gasteiger partial charge >= 0.3 is 5.97 Å². The van der Waals surface area contributed by atoms with Crippen LogP contribution in [0.2, 0.25) is 0 Å². The van der Waals surface area contributed by atoms with Gasteiger partial charge in [0.05, 0.1) is 23.7 Å². The van der Waals surface area contributed by atoms with Gasteiger partial charge in [-0.25, -0.2) is 9.18 Å². The van der Waals surface area contributed by atoms with Gasteiger partial charge in [0, 0.05) is 56.4 Å². The number of hydrogen-bond donors (Lipinski definition) is 1. The van der Waals surface area contributed by atoms with Crippen molar-refractivity contribution >= 4 is 28.2 Å². The van der Waals surface area contributed by atoms with Crippen molar-refractivity contribution in [3.05, 3.63) is 27.3 Å². The highest BCUT2D eigenvalue weighted by atomic mass is 19.1. The van der Waals surface area contributed by atoms with Gasteiger partial charge in [-0.05, 0) is 39.7 Å². The molecule has 0 bridgehead atoms. The largest absolute Gasteiger partial charge is 0.492 e. The van der Waals surface area contributed by atoms with Crippen LogP contribution in [0.3, 0.4) is 0 Å². The Morgan fingerprint density at radius 3 is 2.26 bits per heavy atom. The lowest BCUT2D eigenvalue weighted by molar-refractivity contribution is 0.0693. The molecule has 2 saturated carbocycles. The van der Waals surface area contributed by atoms with Gasteiger partial charge in [-0.2, -0.15) is 0 Å². The second-order valence-electron chi connectivity index (χ2n) is 10.3.